The molecule has 0 radical (unpaired) electrons. The molecule has 1 aliphatic carbocycles. The number of hydrogen-bond donors (Lipinski definition) is 2. The summed E-state index contributed by atoms with van der Waals surface area (Å²) in [7, 11) is 4.04. The SMILES string of the molecule is CN1/C(=C\C2C(=O)C(O)C(/C=C3/[Te]c4ccccc4N3C)C2O)[Te]c2ccccc21. The van der Waals surface area contributed by atoms with Gasteiger partial charge in [0.15, 0.2) is 0 Å². The summed E-state index contributed by atoms with van der Waals surface area (Å²) in [6, 6.07) is 16.6. The van der Waals surface area contributed by atoms with Gasteiger partial charge in [-0.05, 0) is 0 Å². The van der Waals surface area contributed by atoms with Gasteiger partial charge in [-0.15, -0.1) is 0 Å². The number of ketones is 1. The van der Waals surface area contributed by atoms with E-state index in [0.29, 0.717) is 0 Å². The van der Waals surface area contributed by atoms with E-state index in [2.05, 4.69) is 34.1 Å². The fraction of sp³-hybridized carbons (Fsp3) is 0.261. The van der Waals surface area contributed by atoms with Crippen LogP contribution in [-0.2, 0) is 4.79 Å². The standard InChI is InChI=1S/C23H22N2O3Te2/c1-24-15-7-3-5-9-17(15)29-19(24)11-13-21(26)14(23(28)22(13)27)12-20-25(2)16-8-4-6-10-18(16)30-20/h3-14,21-22,26-27H,1-2H3/b19-11+,20-12+. The van der Waals surface area contributed by atoms with Crippen molar-refractivity contribution in [2.75, 3.05) is 23.9 Å². The van der Waals surface area contributed by atoms with Crippen LogP contribution < -0.4 is 17.0 Å². The van der Waals surface area contributed by atoms with E-state index >= 15 is 0 Å². The molecule has 3 aliphatic rings. The molecule has 1 saturated carbocycles. The molecule has 2 heterocycles. The second-order valence-electron chi connectivity index (χ2n) is 7.71. The Kier molecular flexibility index (Phi) is 5.48. The van der Waals surface area contributed by atoms with Gasteiger partial charge < -0.3 is 0 Å². The molecule has 0 aromatic heterocycles. The molecule has 0 bridgehead atoms. The third kappa shape index (κ3) is 3.33. The number of aliphatic hydroxyl groups is 2. The molecular formula is C23H22N2O3Te2. The van der Waals surface area contributed by atoms with Crippen LogP contribution in [0.2, 0.25) is 0 Å². The third-order valence-electron chi connectivity index (χ3n) is 5.95. The van der Waals surface area contributed by atoms with E-state index in [0.717, 1.165) is 7.49 Å². The second kappa shape index (κ2) is 7.99. The first-order valence-electron chi connectivity index (χ1n) is 9.80. The molecule has 30 heavy (non-hydrogen) atoms. The molecule has 4 unspecified atom stereocenters. The Bertz CT molecular complexity index is 1080. The molecule has 2 N–H and O–H groups in total. The monoisotopic (exact) mass is 634 g/mol. The molecule has 5 nitrogen and oxygen atoms in total. The van der Waals surface area contributed by atoms with Crippen molar-refractivity contribution >= 4 is 66.2 Å². The average molecular weight is 630 g/mol. The van der Waals surface area contributed by atoms with Crippen molar-refractivity contribution in [2.45, 2.75) is 12.2 Å². The summed E-state index contributed by atoms with van der Waals surface area (Å²) in [4.78, 5) is 17.1. The second-order valence-corrected chi connectivity index (χ2v) is 13.8. The summed E-state index contributed by atoms with van der Waals surface area (Å²) in [5.41, 5.74) is 2.37. The van der Waals surface area contributed by atoms with Gasteiger partial charge in [-0.3, -0.25) is 0 Å². The Morgan fingerprint density at radius 3 is 1.87 bits per heavy atom. The molecule has 0 spiro atoms. The number of fused-ring (bicyclic) bond motifs is 2. The van der Waals surface area contributed by atoms with Crippen LogP contribution in [0.5, 0.6) is 0 Å². The first-order chi connectivity index (χ1) is 14.5. The van der Waals surface area contributed by atoms with E-state index < -0.39 is 65.9 Å². The number of carbonyl (C=O) groups excluding carboxylic acids is 1. The van der Waals surface area contributed by atoms with E-state index in [9.17, 15) is 15.0 Å². The maximum absolute atomic E-state index is 12.9. The van der Waals surface area contributed by atoms with Crippen molar-refractivity contribution in [1.82, 2.24) is 0 Å². The number of benzene rings is 2. The molecule has 154 valence electrons. The van der Waals surface area contributed by atoms with E-state index in [1.54, 1.807) is 0 Å². The Morgan fingerprint density at radius 1 is 0.833 bits per heavy atom. The zero-order valence-corrected chi connectivity index (χ0v) is 21.3. The van der Waals surface area contributed by atoms with Gasteiger partial charge in [-0.1, -0.05) is 0 Å². The minimum absolute atomic E-state index is 0.271. The summed E-state index contributed by atoms with van der Waals surface area (Å²) in [6.45, 7) is 0. The fourth-order valence-corrected chi connectivity index (χ4v) is 10.7. The Hall–Kier alpha value is -1.31. The van der Waals surface area contributed by atoms with Crippen molar-refractivity contribution in [2.24, 2.45) is 11.8 Å². The van der Waals surface area contributed by atoms with E-state index in [1.165, 1.54) is 18.6 Å². The number of para-hydroxylation sites is 2. The average Bonchev–Trinajstić information content (AvgIpc) is 3.31. The molecule has 0 amide bonds. The van der Waals surface area contributed by atoms with Gasteiger partial charge in [-0.2, -0.15) is 0 Å². The molecule has 5 rings (SSSR count). The van der Waals surface area contributed by atoms with Gasteiger partial charge in [0.2, 0.25) is 0 Å². The minimum atomic E-state index is -1.16. The normalized spacial score (nSPS) is 30.5. The summed E-state index contributed by atoms with van der Waals surface area (Å²) in [6.07, 6.45) is 1.81. The number of nitrogens with zero attached hydrogens (tertiary/aromatic N) is 2. The van der Waals surface area contributed by atoms with E-state index in [-0.39, 0.29) is 5.78 Å². The number of anilines is 2. The number of aliphatic hydroxyl groups excluding tert-OH is 2. The molecule has 7 heteroatoms. The van der Waals surface area contributed by atoms with Crippen LogP contribution in [0.4, 0.5) is 11.4 Å². The van der Waals surface area contributed by atoms with Crippen LogP contribution in [0.3, 0.4) is 0 Å². The number of rotatable bonds is 2. The predicted octanol–water partition coefficient (Wildman–Crippen LogP) is 0.165. The summed E-state index contributed by atoms with van der Waals surface area (Å²) < 4.78 is 4.95. The number of Topliss-reactive ketones (excluding diaryl/α,β-unsaturated/α-hetero) is 1. The zero-order chi connectivity index (χ0) is 21.0. The van der Waals surface area contributed by atoms with E-state index in [1.807, 2.05) is 50.5 Å². The molecular weight excluding hydrogens is 607 g/mol. The van der Waals surface area contributed by atoms with Crippen molar-refractivity contribution < 1.29 is 15.0 Å². The van der Waals surface area contributed by atoms with Gasteiger partial charge in [0, 0.05) is 0 Å². The predicted molar refractivity (Wildman–Crippen MR) is 121 cm³/mol. The first-order valence-corrected chi connectivity index (χ1v) is 14.5. The van der Waals surface area contributed by atoms with Crippen LogP contribution >= 0.6 is 0 Å². The quantitative estimate of drug-likeness (QED) is 0.464. The fourth-order valence-electron chi connectivity index (χ4n) is 4.20. The molecule has 2 aromatic carbocycles. The Labute approximate surface area is 196 Å². The first kappa shape index (κ1) is 20.6. The van der Waals surface area contributed by atoms with Crippen LogP contribution in [0.25, 0.3) is 0 Å². The van der Waals surface area contributed by atoms with Crippen molar-refractivity contribution in [3.8, 4) is 0 Å². The number of hydrogen-bond acceptors (Lipinski definition) is 5. The van der Waals surface area contributed by atoms with Crippen molar-refractivity contribution in [1.29, 1.82) is 0 Å². The zero-order valence-electron chi connectivity index (χ0n) is 16.6. The van der Waals surface area contributed by atoms with Crippen LogP contribution in [0, 0.1) is 11.8 Å². The van der Waals surface area contributed by atoms with Gasteiger partial charge in [0.05, 0.1) is 0 Å². The molecule has 1 fully saturated rings. The molecule has 2 aliphatic heterocycles. The molecule has 0 saturated heterocycles. The summed E-state index contributed by atoms with van der Waals surface area (Å²) in [5.74, 6) is -1.49. The maximum atomic E-state index is 12.9. The van der Waals surface area contributed by atoms with Crippen molar-refractivity contribution in [3.63, 3.8) is 0 Å². The Balaban J connectivity index is 1.41. The van der Waals surface area contributed by atoms with Crippen LogP contribution in [0.15, 0.2) is 68.2 Å². The van der Waals surface area contributed by atoms with Crippen molar-refractivity contribution in [3.05, 3.63) is 68.2 Å². The summed E-state index contributed by atoms with van der Waals surface area (Å²) >= 11 is -1.19. The summed E-state index contributed by atoms with van der Waals surface area (Å²) in [5, 5.41) is 21.7. The topological polar surface area (TPSA) is 64.0 Å². The number of carbonyl (C=O) groups is 1. The van der Waals surface area contributed by atoms with Crippen LogP contribution in [0.1, 0.15) is 0 Å². The Morgan fingerprint density at radius 2 is 1.33 bits per heavy atom. The van der Waals surface area contributed by atoms with Gasteiger partial charge in [0.1, 0.15) is 0 Å². The molecule has 2 aromatic rings. The molecule has 4 atom stereocenters. The van der Waals surface area contributed by atoms with E-state index in [4.69, 9.17) is 0 Å². The van der Waals surface area contributed by atoms with Crippen LogP contribution in [-0.4, -0.2) is 84.1 Å². The van der Waals surface area contributed by atoms with Gasteiger partial charge in [0.25, 0.3) is 0 Å². The van der Waals surface area contributed by atoms with Gasteiger partial charge >= 0.3 is 197 Å². The van der Waals surface area contributed by atoms with Gasteiger partial charge in [-0.25, -0.2) is 0 Å². The third-order valence-corrected chi connectivity index (χ3v) is 12.7.